The Morgan fingerprint density at radius 3 is 2.35 bits per heavy atom. The first-order valence-corrected chi connectivity index (χ1v) is 8.05. The van der Waals surface area contributed by atoms with E-state index in [0.717, 1.165) is 24.7 Å². The van der Waals surface area contributed by atoms with Gasteiger partial charge in [0.1, 0.15) is 5.75 Å². The van der Waals surface area contributed by atoms with Crippen LogP contribution in [0.4, 0.5) is 0 Å². The largest absolute Gasteiger partial charge is 0.497 e. The Kier molecular flexibility index (Phi) is 7.89. The summed E-state index contributed by atoms with van der Waals surface area (Å²) in [5.74, 6) is 2.17. The summed E-state index contributed by atoms with van der Waals surface area (Å²) in [7, 11) is 5.18. The van der Waals surface area contributed by atoms with E-state index in [1.165, 1.54) is 5.56 Å². The first kappa shape index (κ1) is 19.3. The van der Waals surface area contributed by atoms with Crippen LogP contribution in [-0.2, 0) is 4.74 Å². The second kappa shape index (κ2) is 9.40. The topological polar surface area (TPSA) is 54.9 Å². The highest BCUT2D eigenvalue weighted by Crippen LogP contribution is 2.21. The van der Waals surface area contributed by atoms with E-state index in [9.17, 15) is 0 Å². The number of nitrogens with one attached hydrogen (secondary N) is 2. The van der Waals surface area contributed by atoms with Crippen molar-refractivity contribution in [2.75, 3.05) is 34.4 Å². The molecule has 0 aliphatic rings. The Balaban J connectivity index is 2.38. The molecule has 0 aromatic heterocycles. The summed E-state index contributed by atoms with van der Waals surface area (Å²) in [6, 6.07) is 8.26. The van der Waals surface area contributed by atoms with Crippen molar-refractivity contribution in [3.63, 3.8) is 0 Å². The Morgan fingerprint density at radius 2 is 1.83 bits per heavy atom. The zero-order valence-corrected chi connectivity index (χ0v) is 15.3. The standard InChI is InChI=1S/C18H31N3O2/c1-14(15-7-9-16(22-5)10-8-15)11-12-20-17(19-4)21-13-18(2,3)23-6/h7-10,14H,11-13H2,1-6H3,(H2,19,20,21). The highest BCUT2D eigenvalue weighted by atomic mass is 16.5. The predicted octanol–water partition coefficient (Wildman–Crippen LogP) is 2.78. The van der Waals surface area contributed by atoms with E-state index < -0.39 is 0 Å². The molecule has 1 aromatic rings. The summed E-state index contributed by atoms with van der Waals surface area (Å²) in [6.45, 7) is 7.88. The van der Waals surface area contributed by atoms with Gasteiger partial charge in [0, 0.05) is 27.2 Å². The van der Waals surface area contributed by atoms with Crippen LogP contribution < -0.4 is 15.4 Å². The summed E-state index contributed by atoms with van der Waals surface area (Å²) in [4.78, 5) is 4.24. The molecule has 2 N–H and O–H groups in total. The molecule has 23 heavy (non-hydrogen) atoms. The lowest BCUT2D eigenvalue weighted by Gasteiger charge is -2.24. The average molecular weight is 321 g/mol. The number of guanidine groups is 1. The van der Waals surface area contributed by atoms with Gasteiger partial charge < -0.3 is 20.1 Å². The van der Waals surface area contributed by atoms with Crippen LogP contribution in [0.5, 0.6) is 5.75 Å². The lowest BCUT2D eigenvalue weighted by Crippen LogP contribution is -2.45. The Labute approximate surface area is 140 Å². The monoisotopic (exact) mass is 321 g/mol. The van der Waals surface area contributed by atoms with Crippen molar-refractivity contribution in [3.05, 3.63) is 29.8 Å². The van der Waals surface area contributed by atoms with Gasteiger partial charge in [-0.05, 0) is 43.9 Å². The summed E-state index contributed by atoms with van der Waals surface area (Å²) in [5.41, 5.74) is 1.10. The van der Waals surface area contributed by atoms with Crippen molar-refractivity contribution in [2.24, 2.45) is 4.99 Å². The van der Waals surface area contributed by atoms with Crippen molar-refractivity contribution in [3.8, 4) is 5.75 Å². The number of rotatable bonds is 8. The molecule has 5 nitrogen and oxygen atoms in total. The molecule has 130 valence electrons. The van der Waals surface area contributed by atoms with E-state index in [4.69, 9.17) is 9.47 Å². The lowest BCUT2D eigenvalue weighted by molar-refractivity contribution is 0.0268. The zero-order valence-electron chi connectivity index (χ0n) is 15.3. The first-order valence-electron chi connectivity index (χ1n) is 8.05. The van der Waals surface area contributed by atoms with Gasteiger partial charge in [0.15, 0.2) is 5.96 Å². The molecule has 1 unspecified atom stereocenters. The summed E-state index contributed by atoms with van der Waals surface area (Å²) in [5, 5.41) is 6.63. The number of benzene rings is 1. The zero-order chi connectivity index (χ0) is 17.3. The molecule has 0 aliphatic carbocycles. The smallest absolute Gasteiger partial charge is 0.191 e. The lowest BCUT2D eigenvalue weighted by atomic mass is 9.98. The minimum atomic E-state index is -0.214. The van der Waals surface area contributed by atoms with Crippen LogP contribution >= 0.6 is 0 Å². The van der Waals surface area contributed by atoms with Crippen molar-refractivity contribution in [1.29, 1.82) is 0 Å². The normalized spacial score (nSPS) is 13.6. The van der Waals surface area contributed by atoms with Gasteiger partial charge in [-0.25, -0.2) is 0 Å². The third-order valence-electron chi connectivity index (χ3n) is 4.01. The Morgan fingerprint density at radius 1 is 1.17 bits per heavy atom. The minimum Gasteiger partial charge on any atom is -0.497 e. The molecular weight excluding hydrogens is 290 g/mol. The molecule has 0 saturated heterocycles. The van der Waals surface area contributed by atoms with Gasteiger partial charge in [-0.15, -0.1) is 0 Å². The number of ether oxygens (including phenoxy) is 2. The molecule has 5 heteroatoms. The second-order valence-electron chi connectivity index (χ2n) is 6.28. The summed E-state index contributed by atoms with van der Waals surface area (Å²) >= 11 is 0. The number of hydrogen-bond acceptors (Lipinski definition) is 3. The van der Waals surface area contributed by atoms with Crippen molar-refractivity contribution in [1.82, 2.24) is 10.6 Å². The summed E-state index contributed by atoms with van der Waals surface area (Å²) in [6.07, 6.45) is 1.03. The van der Waals surface area contributed by atoms with Crippen molar-refractivity contribution < 1.29 is 9.47 Å². The molecule has 0 radical (unpaired) electrons. The van der Waals surface area contributed by atoms with Gasteiger partial charge >= 0.3 is 0 Å². The van der Waals surface area contributed by atoms with Crippen LogP contribution in [0.2, 0.25) is 0 Å². The molecule has 0 heterocycles. The molecule has 0 aliphatic heterocycles. The Bertz CT molecular complexity index is 484. The molecule has 0 saturated carbocycles. The quantitative estimate of drug-likeness (QED) is 0.571. The van der Waals surface area contributed by atoms with E-state index in [2.05, 4.69) is 34.7 Å². The van der Waals surface area contributed by atoms with E-state index >= 15 is 0 Å². The molecule has 0 bridgehead atoms. The molecule has 0 amide bonds. The second-order valence-corrected chi connectivity index (χ2v) is 6.28. The highest BCUT2D eigenvalue weighted by molar-refractivity contribution is 5.79. The van der Waals surface area contributed by atoms with Crippen LogP contribution in [0.1, 0.15) is 38.7 Å². The van der Waals surface area contributed by atoms with Crippen molar-refractivity contribution >= 4 is 5.96 Å². The molecule has 1 aromatic carbocycles. The fraction of sp³-hybridized carbons (Fsp3) is 0.611. The van der Waals surface area contributed by atoms with Crippen LogP contribution in [0.25, 0.3) is 0 Å². The molecular formula is C18H31N3O2. The number of aliphatic imine (C=N–C) groups is 1. The summed E-state index contributed by atoms with van der Waals surface area (Å²) < 4.78 is 10.6. The third kappa shape index (κ3) is 6.91. The van der Waals surface area contributed by atoms with Crippen LogP contribution in [0, 0.1) is 0 Å². The average Bonchev–Trinajstić information content (AvgIpc) is 2.57. The highest BCUT2D eigenvalue weighted by Gasteiger charge is 2.16. The van der Waals surface area contributed by atoms with Gasteiger partial charge in [-0.1, -0.05) is 19.1 Å². The molecule has 0 fully saturated rings. The maximum absolute atomic E-state index is 5.40. The molecule has 1 atom stereocenters. The van der Waals surface area contributed by atoms with Gasteiger partial charge in [0.2, 0.25) is 0 Å². The van der Waals surface area contributed by atoms with Gasteiger partial charge in [0.05, 0.1) is 12.7 Å². The van der Waals surface area contributed by atoms with Crippen LogP contribution in [-0.4, -0.2) is 45.9 Å². The number of nitrogens with zero attached hydrogens (tertiary/aromatic N) is 1. The number of hydrogen-bond donors (Lipinski definition) is 2. The van der Waals surface area contributed by atoms with Gasteiger partial charge in [0.25, 0.3) is 0 Å². The van der Waals surface area contributed by atoms with E-state index in [-0.39, 0.29) is 5.60 Å². The predicted molar refractivity (Wildman–Crippen MR) is 96.5 cm³/mol. The Hall–Kier alpha value is -1.75. The molecule has 0 spiro atoms. The van der Waals surface area contributed by atoms with Crippen molar-refractivity contribution in [2.45, 2.75) is 38.7 Å². The van der Waals surface area contributed by atoms with E-state index in [1.807, 2.05) is 26.0 Å². The number of methoxy groups -OCH3 is 2. The fourth-order valence-corrected chi connectivity index (χ4v) is 2.10. The molecule has 1 rings (SSSR count). The third-order valence-corrected chi connectivity index (χ3v) is 4.01. The first-order chi connectivity index (χ1) is 10.9. The van der Waals surface area contributed by atoms with Crippen LogP contribution in [0.3, 0.4) is 0 Å². The minimum absolute atomic E-state index is 0.214. The fourth-order valence-electron chi connectivity index (χ4n) is 2.10. The maximum Gasteiger partial charge on any atom is 0.191 e. The van der Waals surface area contributed by atoms with Crippen LogP contribution in [0.15, 0.2) is 29.3 Å². The van der Waals surface area contributed by atoms with Gasteiger partial charge in [-0.3, -0.25) is 4.99 Å². The van der Waals surface area contributed by atoms with E-state index in [0.29, 0.717) is 12.5 Å². The van der Waals surface area contributed by atoms with E-state index in [1.54, 1.807) is 21.3 Å². The SMILES string of the molecule is CN=C(NCCC(C)c1ccc(OC)cc1)NCC(C)(C)OC. The van der Waals surface area contributed by atoms with Gasteiger partial charge in [-0.2, -0.15) is 0 Å². The maximum atomic E-state index is 5.40.